The van der Waals surface area contributed by atoms with Crippen LogP contribution < -0.4 is 15.4 Å². The van der Waals surface area contributed by atoms with Crippen LogP contribution in [0, 0.1) is 6.92 Å². The van der Waals surface area contributed by atoms with Gasteiger partial charge in [0.05, 0.1) is 30.9 Å². The standard InChI is InChI=1S/C29H33F3N6O2/c1-3-40-27-7-4-22(14-20(27)2)36-28-24-15-23(5-6-26(24)34-19-35-28)38-17-21(25(18-38)29(30,31)32)16-33-8-9-37-10-12-39-13-11-37/h4-7,14-15,17-19,33H,3,8-13,16H2,1-2H3,(H,34,35,36). The Morgan fingerprint density at radius 3 is 2.62 bits per heavy atom. The third-order valence-corrected chi connectivity index (χ3v) is 6.89. The van der Waals surface area contributed by atoms with Crippen LogP contribution in [-0.4, -0.2) is 65.4 Å². The summed E-state index contributed by atoms with van der Waals surface area (Å²) in [5, 5.41) is 7.19. The van der Waals surface area contributed by atoms with E-state index in [0.717, 1.165) is 42.8 Å². The fourth-order valence-corrected chi connectivity index (χ4v) is 4.81. The highest BCUT2D eigenvalue weighted by Crippen LogP contribution is 2.34. The van der Waals surface area contributed by atoms with E-state index in [1.165, 1.54) is 10.9 Å². The van der Waals surface area contributed by atoms with Gasteiger partial charge in [-0.1, -0.05) is 0 Å². The van der Waals surface area contributed by atoms with Crippen molar-refractivity contribution in [2.75, 3.05) is 51.3 Å². The molecule has 4 aromatic rings. The van der Waals surface area contributed by atoms with Crippen LogP contribution in [0.2, 0.25) is 0 Å². The summed E-state index contributed by atoms with van der Waals surface area (Å²) in [7, 11) is 0. The first-order valence-electron chi connectivity index (χ1n) is 13.4. The van der Waals surface area contributed by atoms with Gasteiger partial charge in [0.2, 0.25) is 0 Å². The zero-order chi connectivity index (χ0) is 28.1. The van der Waals surface area contributed by atoms with E-state index in [1.807, 2.05) is 32.0 Å². The Hall–Kier alpha value is -3.67. The van der Waals surface area contributed by atoms with E-state index in [-0.39, 0.29) is 12.1 Å². The maximum Gasteiger partial charge on any atom is 0.418 e. The normalized spacial score (nSPS) is 14.5. The molecule has 0 bridgehead atoms. The van der Waals surface area contributed by atoms with Gasteiger partial charge in [0.1, 0.15) is 17.9 Å². The molecule has 8 nitrogen and oxygen atoms in total. The zero-order valence-corrected chi connectivity index (χ0v) is 22.6. The number of nitrogens with zero attached hydrogens (tertiary/aromatic N) is 4. The molecule has 0 spiro atoms. The minimum absolute atomic E-state index is 0.118. The molecule has 0 atom stereocenters. The lowest BCUT2D eigenvalue weighted by atomic mass is 10.1. The Morgan fingerprint density at radius 2 is 1.88 bits per heavy atom. The third kappa shape index (κ3) is 6.55. The molecule has 40 heavy (non-hydrogen) atoms. The predicted molar refractivity (Wildman–Crippen MR) is 148 cm³/mol. The number of ether oxygens (including phenoxy) is 2. The molecule has 0 radical (unpaired) electrons. The maximum atomic E-state index is 13.9. The molecule has 0 amide bonds. The lowest BCUT2D eigenvalue weighted by Crippen LogP contribution is -2.40. The highest BCUT2D eigenvalue weighted by Gasteiger charge is 2.35. The first-order valence-corrected chi connectivity index (χ1v) is 13.4. The molecule has 1 aliphatic rings. The molecule has 1 aliphatic heterocycles. The summed E-state index contributed by atoms with van der Waals surface area (Å²) in [6.45, 7) is 9.01. The van der Waals surface area contributed by atoms with Gasteiger partial charge in [-0.25, -0.2) is 9.97 Å². The van der Waals surface area contributed by atoms with Crippen LogP contribution in [0.5, 0.6) is 5.75 Å². The van der Waals surface area contributed by atoms with Crippen LogP contribution in [-0.2, 0) is 17.5 Å². The molecule has 5 rings (SSSR count). The Labute approximate surface area is 231 Å². The average molecular weight is 555 g/mol. The summed E-state index contributed by atoms with van der Waals surface area (Å²) < 4.78 is 54.3. The van der Waals surface area contributed by atoms with E-state index in [0.29, 0.717) is 48.8 Å². The predicted octanol–water partition coefficient (Wildman–Crippen LogP) is 5.31. The molecular formula is C29H33F3N6O2. The lowest BCUT2D eigenvalue weighted by molar-refractivity contribution is -0.138. The van der Waals surface area contributed by atoms with E-state index in [4.69, 9.17) is 9.47 Å². The van der Waals surface area contributed by atoms with Crippen molar-refractivity contribution >= 4 is 22.4 Å². The van der Waals surface area contributed by atoms with Crippen molar-refractivity contribution in [3.05, 3.63) is 71.8 Å². The molecule has 1 fully saturated rings. The number of benzene rings is 2. The van der Waals surface area contributed by atoms with Crippen molar-refractivity contribution in [1.82, 2.24) is 24.8 Å². The third-order valence-electron chi connectivity index (χ3n) is 6.89. The van der Waals surface area contributed by atoms with Crippen LogP contribution in [0.1, 0.15) is 23.6 Å². The zero-order valence-electron chi connectivity index (χ0n) is 22.6. The van der Waals surface area contributed by atoms with Crippen molar-refractivity contribution in [2.24, 2.45) is 0 Å². The second kappa shape index (κ2) is 12.2. The van der Waals surface area contributed by atoms with E-state index >= 15 is 0 Å². The summed E-state index contributed by atoms with van der Waals surface area (Å²) >= 11 is 0. The number of alkyl halides is 3. The molecule has 11 heteroatoms. The summed E-state index contributed by atoms with van der Waals surface area (Å²) in [4.78, 5) is 11.0. The topological polar surface area (TPSA) is 76.5 Å². The average Bonchev–Trinajstić information content (AvgIpc) is 3.38. The molecule has 2 N–H and O–H groups in total. The smallest absolute Gasteiger partial charge is 0.418 e. The van der Waals surface area contributed by atoms with Gasteiger partial charge < -0.3 is 24.7 Å². The maximum absolute atomic E-state index is 13.9. The fraction of sp³-hybridized carbons (Fsp3) is 0.379. The Balaban J connectivity index is 1.37. The van der Waals surface area contributed by atoms with Crippen molar-refractivity contribution in [3.63, 3.8) is 0 Å². The molecule has 3 heterocycles. The van der Waals surface area contributed by atoms with Crippen molar-refractivity contribution in [1.29, 1.82) is 0 Å². The van der Waals surface area contributed by atoms with Crippen LogP contribution in [0.25, 0.3) is 16.6 Å². The quantitative estimate of drug-likeness (QED) is 0.257. The van der Waals surface area contributed by atoms with Gasteiger partial charge >= 0.3 is 6.18 Å². The Kier molecular flexibility index (Phi) is 8.53. The largest absolute Gasteiger partial charge is 0.494 e. The van der Waals surface area contributed by atoms with Crippen LogP contribution >= 0.6 is 0 Å². The number of hydrogen-bond donors (Lipinski definition) is 2. The number of morpholine rings is 1. The first-order chi connectivity index (χ1) is 19.3. The number of anilines is 2. The van der Waals surface area contributed by atoms with Crippen LogP contribution in [0.15, 0.2) is 55.1 Å². The molecule has 0 aliphatic carbocycles. The second-order valence-corrected chi connectivity index (χ2v) is 9.69. The summed E-state index contributed by atoms with van der Waals surface area (Å²) in [5.74, 6) is 1.37. The Bertz CT molecular complexity index is 1450. The van der Waals surface area contributed by atoms with E-state index in [2.05, 4.69) is 25.5 Å². The SMILES string of the molecule is CCOc1ccc(Nc2ncnc3ccc(-n4cc(CNCCN5CCOCC5)c(C(F)(F)F)c4)cc23)cc1C. The molecule has 1 saturated heterocycles. The molecule has 0 unspecified atom stereocenters. The first kappa shape index (κ1) is 27.9. The van der Waals surface area contributed by atoms with Gasteiger partial charge in [-0.3, -0.25) is 4.90 Å². The minimum Gasteiger partial charge on any atom is -0.494 e. The van der Waals surface area contributed by atoms with Gasteiger partial charge in [0, 0.05) is 61.9 Å². The number of hydrogen-bond acceptors (Lipinski definition) is 7. The van der Waals surface area contributed by atoms with E-state index in [1.54, 1.807) is 24.4 Å². The molecule has 2 aromatic heterocycles. The number of fused-ring (bicyclic) bond motifs is 1. The van der Waals surface area contributed by atoms with E-state index < -0.39 is 11.7 Å². The molecule has 0 saturated carbocycles. The van der Waals surface area contributed by atoms with Crippen molar-refractivity contribution in [3.8, 4) is 11.4 Å². The van der Waals surface area contributed by atoms with Gasteiger partial charge in [-0.15, -0.1) is 0 Å². The van der Waals surface area contributed by atoms with Gasteiger partial charge in [-0.05, 0) is 61.4 Å². The van der Waals surface area contributed by atoms with Gasteiger partial charge in [0.15, 0.2) is 0 Å². The van der Waals surface area contributed by atoms with Gasteiger partial charge in [-0.2, -0.15) is 13.2 Å². The highest BCUT2D eigenvalue weighted by atomic mass is 19.4. The summed E-state index contributed by atoms with van der Waals surface area (Å²) in [5.41, 5.74) is 2.60. The van der Waals surface area contributed by atoms with Crippen molar-refractivity contribution < 1.29 is 22.6 Å². The van der Waals surface area contributed by atoms with Crippen LogP contribution in [0.3, 0.4) is 0 Å². The highest BCUT2D eigenvalue weighted by molar-refractivity contribution is 5.92. The minimum atomic E-state index is -4.47. The number of rotatable bonds is 10. The van der Waals surface area contributed by atoms with E-state index in [9.17, 15) is 13.2 Å². The summed E-state index contributed by atoms with van der Waals surface area (Å²) in [6.07, 6.45) is -0.320. The summed E-state index contributed by atoms with van der Waals surface area (Å²) in [6, 6.07) is 11.1. The molecule has 2 aromatic carbocycles. The van der Waals surface area contributed by atoms with Gasteiger partial charge in [0.25, 0.3) is 0 Å². The molecular weight excluding hydrogens is 521 g/mol. The number of aromatic nitrogens is 3. The lowest BCUT2D eigenvalue weighted by Gasteiger charge is -2.26. The number of halogens is 3. The Morgan fingerprint density at radius 1 is 1.05 bits per heavy atom. The van der Waals surface area contributed by atoms with Crippen molar-refractivity contribution in [2.45, 2.75) is 26.6 Å². The molecule has 212 valence electrons. The monoisotopic (exact) mass is 554 g/mol. The second-order valence-electron chi connectivity index (χ2n) is 9.69. The number of nitrogens with one attached hydrogen (secondary N) is 2. The van der Waals surface area contributed by atoms with Crippen LogP contribution in [0.4, 0.5) is 24.7 Å². The fourth-order valence-electron chi connectivity index (χ4n) is 4.81. The number of aryl methyl sites for hydroxylation is 1.